The quantitative estimate of drug-likeness (QED) is 0.0160. The Morgan fingerprint density at radius 1 is 1.02 bits per heavy atom. The molecule has 1 aliphatic rings. The van der Waals surface area contributed by atoms with Crippen LogP contribution in [0.3, 0.4) is 0 Å². The second kappa shape index (κ2) is 30.1. The van der Waals surface area contributed by atoms with E-state index in [1.54, 1.807) is 0 Å². The number of carbonyl (C=O) groups excluding carboxylic acids is 4. The van der Waals surface area contributed by atoms with Gasteiger partial charge in [-0.05, 0) is 50.6 Å². The van der Waals surface area contributed by atoms with Gasteiger partial charge in [-0.15, -0.1) is 0 Å². The van der Waals surface area contributed by atoms with Crippen LogP contribution in [0.25, 0.3) is 0 Å². The fraction of sp³-hybridized carbons (Fsp3) is 0.674. The summed E-state index contributed by atoms with van der Waals surface area (Å²) in [5, 5.41) is 0. The minimum absolute atomic E-state index is 0.0102. The maximum atomic E-state index is 12.1. The van der Waals surface area contributed by atoms with E-state index in [1.165, 1.54) is 27.2 Å². The van der Waals surface area contributed by atoms with Crippen molar-refractivity contribution in [3.8, 4) is 0 Å². The van der Waals surface area contributed by atoms with Crippen LogP contribution < -0.4 is 0 Å². The minimum Gasteiger partial charge on any atom is -0.466 e. The zero-order valence-corrected chi connectivity index (χ0v) is 39.2. The first-order valence-electron chi connectivity index (χ1n) is 21.0. The summed E-state index contributed by atoms with van der Waals surface area (Å²) in [5.74, 6) is -3.06. The predicted molar refractivity (Wildman–Crippen MR) is 235 cm³/mol. The molecule has 6 atom stereocenters. The summed E-state index contributed by atoms with van der Waals surface area (Å²) in [6, 6.07) is 11.1. The van der Waals surface area contributed by atoms with Crippen molar-refractivity contribution >= 4 is 50.9 Å². The highest BCUT2D eigenvalue weighted by Crippen LogP contribution is 2.42. The highest BCUT2D eigenvalue weighted by atomic mass is 32.2. The largest absolute Gasteiger partial charge is 0.466 e. The molecule has 17 heteroatoms. The standard InChI is InChI=1S/C26H38O7.C17H32BO7SSi/c1-17(2)26(30-7)25(32-20(5)27)22(15-24(28)29-6)14-23(33-26)13-18(3)19(4)31-16-21-11-9-8-10-12-21;1-5-16(19)23-9-6-8-21-10-7-15(25-26-18)13-17(20)24-14-22-11-12-27(2,3)4/h8-12,15,17-19,23,25H,13-14,16H2,1-7H3;5,15,18H,1,6-14H2,2-4H3/b22-15+;/t18-,19-,23-,25+,26+;15-/m11/s1/i;18T. The first-order valence-corrected chi connectivity index (χ1v) is 24.9. The molecule has 0 saturated carbocycles. The lowest BCUT2D eigenvalue weighted by molar-refractivity contribution is -0.321. The maximum Gasteiger partial charge on any atom is 0.330 e. The third-order valence-corrected chi connectivity index (χ3v) is 11.6. The van der Waals surface area contributed by atoms with E-state index < -0.39 is 49.9 Å². The van der Waals surface area contributed by atoms with Crippen molar-refractivity contribution in [1.29, 1.82) is 1.34 Å². The monoisotopic (exact) mass is 883 g/mol. The van der Waals surface area contributed by atoms with Crippen molar-refractivity contribution in [2.45, 2.75) is 129 Å². The van der Waals surface area contributed by atoms with E-state index in [1.807, 2.05) is 44.2 Å². The lowest BCUT2D eigenvalue weighted by Gasteiger charge is -2.48. The summed E-state index contributed by atoms with van der Waals surface area (Å²) in [6.07, 6.45) is 3.14. The van der Waals surface area contributed by atoms with E-state index in [0.29, 0.717) is 57.7 Å². The van der Waals surface area contributed by atoms with Crippen LogP contribution in [0.5, 0.6) is 0 Å². The molecule has 0 unspecified atom stereocenters. The molecule has 2 rings (SSSR count). The molecule has 0 spiro atoms. The van der Waals surface area contributed by atoms with Gasteiger partial charge in [-0.3, -0.25) is 9.59 Å². The van der Waals surface area contributed by atoms with Crippen molar-refractivity contribution < 1.29 is 66.0 Å². The number of carbonyl (C=O) groups is 4. The minimum atomic E-state index is -1.22. The summed E-state index contributed by atoms with van der Waals surface area (Å²) in [4.78, 5) is 46.8. The van der Waals surface area contributed by atoms with Crippen LogP contribution >= 0.6 is 11.9 Å². The molecule has 1 fully saturated rings. The number of methoxy groups -OCH3 is 2. The number of benzene rings is 1. The number of ether oxygens (including phenoxy) is 9. The Morgan fingerprint density at radius 2 is 1.73 bits per heavy atom. The smallest absolute Gasteiger partial charge is 0.330 e. The second-order valence-corrected chi connectivity index (χ2v) is 22.0. The topological polar surface area (TPSA) is 161 Å². The molecule has 0 aliphatic carbocycles. The van der Waals surface area contributed by atoms with Gasteiger partial charge < -0.3 is 46.8 Å². The summed E-state index contributed by atoms with van der Waals surface area (Å²) in [6.45, 7) is 21.6. The Balaban J connectivity index is 0.000000620. The van der Waals surface area contributed by atoms with Gasteiger partial charge in [0.15, 0.2) is 12.9 Å². The number of esters is 4. The summed E-state index contributed by atoms with van der Waals surface area (Å²) >= 11 is 0.855. The molecule has 1 heterocycles. The normalized spacial score (nSPS) is 20.1. The predicted octanol–water partition coefficient (Wildman–Crippen LogP) is 7.04. The average molecular weight is 884 g/mol. The Morgan fingerprint density at radius 3 is 2.33 bits per heavy atom. The van der Waals surface area contributed by atoms with Gasteiger partial charge in [-0.2, -0.15) is 0 Å². The summed E-state index contributed by atoms with van der Waals surface area (Å²) < 4.78 is 62.0. The van der Waals surface area contributed by atoms with Crippen LogP contribution in [0, 0.1) is 11.8 Å². The Hall–Kier alpha value is -3.03. The second-order valence-electron chi connectivity index (χ2n) is 16.0. The van der Waals surface area contributed by atoms with Crippen LogP contribution in [-0.4, -0.2) is 118 Å². The third kappa shape index (κ3) is 22.7. The number of hydrogen-bond acceptors (Lipinski definition) is 15. The van der Waals surface area contributed by atoms with Gasteiger partial charge in [0.25, 0.3) is 0 Å². The molecule has 14 nitrogen and oxygen atoms in total. The van der Waals surface area contributed by atoms with Gasteiger partial charge in [-0.1, -0.05) is 89.2 Å². The van der Waals surface area contributed by atoms with E-state index in [9.17, 15) is 19.2 Å². The molecular weight excluding hydrogens is 811 g/mol. The molecule has 1 aromatic carbocycles. The highest BCUT2D eigenvalue weighted by Gasteiger charge is 2.53. The SMILES string of the molecule is COC(=O)/C=C1\C[C@@H](C[C@@H](C)[C@@H](C)OCc2ccccc2)O[C@@](OC)(C(C)C)[C@H]1OC(C)=O.[3H][B]SO[C@H](CCOCCCOC(=O)C=C)CC(=O)OCOCC[Si](C)(C)C. The lowest BCUT2D eigenvalue weighted by atomic mass is 9.83. The number of hydrogen-bond donors (Lipinski definition) is 0. The Kier molecular flexibility index (Phi) is 26.6. The van der Waals surface area contributed by atoms with Gasteiger partial charge in [0, 0.05) is 66.4 Å². The van der Waals surface area contributed by atoms with Gasteiger partial charge in [0.05, 0.1) is 45.1 Å². The molecule has 1 radical (unpaired) electrons. The van der Waals surface area contributed by atoms with E-state index in [4.69, 9.17) is 48.2 Å². The van der Waals surface area contributed by atoms with Crippen LogP contribution in [-0.2, 0) is 72.6 Å². The van der Waals surface area contributed by atoms with Crippen LogP contribution in [0.4, 0.5) is 0 Å². The van der Waals surface area contributed by atoms with Crippen molar-refractivity contribution in [3.63, 3.8) is 0 Å². The molecule has 339 valence electrons. The van der Waals surface area contributed by atoms with Gasteiger partial charge in [0.1, 0.15) is 0 Å². The van der Waals surface area contributed by atoms with E-state index in [0.717, 1.165) is 36.7 Å². The summed E-state index contributed by atoms with van der Waals surface area (Å²) in [7, 11) is 2.73. The van der Waals surface area contributed by atoms with Crippen LogP contribution in [0.2, 0.25) is 25.7 Å². The average Bonchev–Trinajstić information content (AvgIpc) is 3.21. The zero-order chi connectivity index (χ0) is 45.8. The first kappa shape index (κ1) is 53.1. The highest BCUT2D eigenvalue weighted by molar-refractivity contribution is 8.15. The van der Waals surface area contributed by atoms with Crippen molar-refractivity contribution in [2.24, 2.45) is 11.8 Å². The molecule has 0 bridgehead atoms. The molecule has 0 N–H and O–H groups in total. The van der Waals surface area contributed by atoms with Gasteiger partial charge >= 0.3 is 23.9 Å². The Bertz CT molecular complexity index is 1470. The fourth-order valence-electron chi connectivity index (χ4n) is 5.96. The van der Waals surface area contributed by atoms with Crippen molar-refractivity contribution in [2.75, 3.05) is 47.4 Å². The van der Waals surface area contributed by atoms with E-state index in [-0.39, 0.29) is 43.9 Å². The van der Waals surface area contributed by atoms with Crippen molar-refractivity contribution in [1.82, 2.24) is 0 Å². The molecule has 0 amide bonds. The van der Waals surface area contributed by atoms with Crippen molar-refractivity contribution in [3.05, 3.63) is 60.2 Å². The molecule has 1 saturated heterocycles. The molecule has 60 heavy (non-hydrogen) atoms. The third-order valence-electron chi connectivity index (χ3n) is 9.53. The maximum absolute atomic E-state index is 12.1. The van der Waals surface area contributed by atoms with Gasteiger partial charge in [-0.25, -0.2) is 9.59 Å². The van der Waals surface area contributed by atoms with E-state index >= 15 is 0 Å². The Labute approximate surface area is 365 Å². The molecule has 1 aliphatic heterocycles. The van der Waals surface area contributed by atoms with Crippen LogP contribution in [0.1, 0.15) is 72.3 Å². The number of rotatable bonds is 28. The zero-order valence-electron chi connectivity index (χ0n) is 38.4. The van der Waals surface area contributed by atoms with Crippen LogP contribution in [0.15, 0.2) is 54.6 Å². The van der Waals surface area contributed by atoms with E-state index in [2.05, 4.69) is 40.1 Å². The molecule has 1 aromatic rings. The lowest BCUT2D eigenvalue weighted by Crippen LogP contribution is -2.59. The first-order chi connectivity index (χ1) is 28.9. The van der Waals surface area contributed by atoms with Gasteiger partial charge in [0.2, 0.25) is 12.9 Å². The fourth-order valence-corrected chi connectivity index (χ4v) is 7.03. The molecular formula is C43H70BO14SSi. The summed E-state index contributed by atoms with van der Waals surface area (Å²) in [5.41, 5.74) is 1.74. The molecule has 0 aromatic heterocycles.